The van der Waals surface area contributed by atoms with Gasteiger partial charge in [0.05, 0.1) is 12.2 Å². The summed E-state index contributed by atoms with van der Waals surface area (Å²) in [5.41, 5.74) is 8.67. The number of rotatable bonds is 6. The fourth-order valence-electron chi connectivity index (χ4n) is 7.89. The molecule has 1 unspecified atom stereocenters. The van der Waals surface area contributed by atoms with E-state index in [-0.39, 0.29) is 5.91 Å². The molecule has 2 aliphatic carbocycles. The van der Waals surface area contributed by atoms with Gasteiger partial charge in [0.25, 0.3) is 0 Å². The molecule has 1 aliphatic heterocycles. The lowest BCUT2D eigenvalue weighted by Crippen LogP contribution is -2.48. The van der Waals surface area contributed by atoms with Crippen LogP contribution in [0.3, 0.4) is 0 Å². The minimum Gasteiger partial charge on any atom is -0.352 e. The van der Waals surface area contributed by atoms with Gasteiger partial charge in [-0.2, -0.15) is 5.10 Å². The van der Waals surface area contributed by atoms with Crippen LogP contribution in [0.25, 0.3) is 27.1 Å². The zero-order valence-electron chi connectivity index (χ0n) is 24.0. The van der Waals surface area contributed by atoms with Crippen LogP contribution in [-0.2, 0) is 4.79 Å². The zero-order chi connectivity index (χ0) is 27.2. The molecule has 3 aliphatic rings. The van der Waals surface area contributed by atoms with Gasteiger partial charge in [-0.25, -0.2) is 9.50 Å². The van der Waals surface area contributed by atoms with Crippen LogP contribution in [0.4, 0.5) is 0 Å². The van der Waals surface area contributed by atoms with Gasteiger partial charge in [-0.3, -0.25) is 9.69 Å². The molecule has 8 heteroatoms. The van der Waals surface area contributed by atoms with Gasteiger partial charge in [0.1, 0.15) is 11.2 Å². The highest BCUT2D eigenvalue weighted by Crippen LogP contribution is 2.53. The van der Waals surface area contributed by atoms with Crippen LogP contribution in [0.15, 0.2) is 12.5 Å². The van der Waals surface area contributed by atoms with Crippen molar-refractivity contribution in [2.45, 2.75) is 91.1 Å². The number of nitrogens with zero attached hydrogens (tertiary/aromatic N) is 4. The smallest absolute Gasteiger partial charge is 0.234 e. The molecule has 5 heterocycles. The molecule has 7 nitrogen and oxygen atoms in total. The van der Waals surface area contributed by atoms with E-state index >= 15 is 0 Å². The number of carbonyl (C=O) groups excluding carboxylic acids is 1. The predicted molar refractivity (Wildman–Crippen MR) is 158 cm³/mol. The number of hydrogen-bond acceptors (Lipinski definition) is 5. The lowest BCUT2D eigenvalue weighted by Gasteiger charge is -2.35. The maximum absolute atomic E-state index is 12.7. The van der Waals surface area contributed by atoms with Gasteiger partial charge in [-0.05, 0) is 92.4 Å². The molecule has 1 amide bonds. The fourth-order valence-corrected chi connectivity index (χ4v) is 9.32. The first kappa shape index (κ1) is 25.3. The molecule has 2 bridgehead atoms. The van der Waals surface area contributed by atoms with Crippen molar-refractivity contribution in [1.29, 1.82) is 0 Å². The highest BCUT2D eigenvalue weighted by Gasteiger charge is 2.47. The van der Waals surface area contributed by atoms with Crippen LogP contribution < -0.4 is 5.32 Å². The van der Waals surface area contributed by atoms with Crippen molar-refractivity contribution in [2.24, 2.45) is 11.8 Å². The molecule has 4 aromatic heterocycles. The van der Waals surface area contributed by atoms with E-state index in [1.165, 1.54) is 56.6 Å². The molecule has 4 aromatic rings. The van der Waals surface area contributed by atoms with Crippen LogP contribution in [0, 0.1) is 32.6 Å². The van der Waals surface area contributed by atoms with Gasteiger partial charge >= 0.3 is 0 Å². The van der Waals surface area contributed by atoms with Crippen molar-refractivity contribution in [2.75, 3.05) is 13.1 Å². The fraction of sp³-hybridized carbons (Fsp3) is 0.581. The van der Waals surface area contributed by atoms with Crippen molar-refractivity contribution in [3.8, 4) is 11.3 Å². The Morgan fingerprint density at radius 2 is 1.95 bits per heavy atom. The summed E-state index contributed by atoms with van der Waals surface area (Å²) < 4.78 is 1.91. The zero-order valence-corrected chi connectivity index (χ0v) is 24.8. The largest absolute Gasteiger partial charge is 0.352 e. The maximum atomic E-state index is 12.7. The van der Waals surface area contributed by atoms with Gasteiger partial charge in [-0.15, -0.1) is 11.3 Å². The van der Waals surface area contributed by atoms with Crippen LogP contribution >= 0.6 is 11.3 Å². The van der Waals surface area contributed by atoms with E-state index in [9.17, 15) is 4.79 Å². The number of carbonyl (C=O) groups is 1. The van der Waals surface area contributed by atoms with E-state index in [0.29, 0.717) is 36.4 Å². The van der Waals surface area contributed by atoms with Crippen molar-refractivity contribution < 1.29 is 4.79 Å². The van der Waals surface area contributed by atoms with Crippen molar-refractivity contribution in [3.05, 3.63) is 39.7 Å². The minimum atomic E-state index is 0.223. The number of thiophene rings is 1. The molecule has 2 N–H and O–H groups in total. The Morgan fingerprint density at radius 3 is 2.64 bits per heavy atom. The van der Waals surface area contributed by atoms with E-state index in [4.69, 9.17) is 0 Å². The van der Waals surface area contributed by atoms with Gasteiger partial charge in [0.2, 0.25) is 5.91 Å². The third-order valence-corrected chi connectivity index (χ3v) is 11.4. The number of likely N-dealkylation sites (tertiary alicyclic amines) is 1. The third-order valence-electron chi connectivity index (χ3n) is 10.0. The average molecular weight is 545 g/mol. The summed E-state index contributed by atoms with van der Waals surface area (Å²) in [6.45, 7) is 15.2. The summed E-state index contributed by atoms with van der Waals surface area (Å²) in [5.74, 6) is 2.63. The topological polar surface area (TPSA) is 78.3 Å². The number of nitrogens with one attached hydrogen (secondary N) is 2. The monoisotopic (exact) mass is 544 g/mol. The Balaban J connectivity index is 1.16. The quantitative estimate of drug-likeness (QED) is 0.308. The van der Waals surface area contributed by atoms with E-state index in [2.05, 4.69) is 73.0 Å². The second kappa shape index (κ2) is 9.16. The van der Waals surface area contributed by atoms with E-state index in [0.717, 1.165) is 31.0 Å². The molecule has 206 valence electrons. The Bertz CT molecular complexity index is 1590. The average Bonchev–Trinajstić information content (AvgIpc) is 3.67. The molecule has 3 atom stereocenters. The normalized spacial score (nSPS) is 26.8. The van der Waals surface area contributed by atoms with Crippen LogP contribution in [0.1, 0.15) is 85.4 Å². The molecule has 0 spiro atoms. The summed E-state index contributed by atoms with van der Waals surface area (Å²) in [4.78, 5) is 26.3. The van der Waals surface area contributed by atoms with E-state index in [1.54, 1.807) is 11.2 Å². The minimum absolute atomic E-state index is 0.223. The summed E-state index contributed by atoms with van der Waals surface area (Å²) >= 11 is 1.97. The maximum Gasteiger partial charge on any atom is 0.234 e. The van der Waals surface area contributed by atoms with Gasteiger partial charge in [0, 0.05) is 40.7 Å². The molecule has 3 fully saturated rings. The van der Waals surface area contributed by atoms with Gasteiger partial charge in [0.15, 0.2) is 5.65 Å². The van der Waals surface area contributed by atoms with Crippen molar-refractivity contribution >= 4 is 33.1 Å². The molecule has 2 saturated carbocycles. The molecule has 1 saturated heterocycles. The molecule has 39 heavy (non-hydrogen) atoms. The molecule has 0 aromatic carbocycles. The molecule has 0 radical (unpaired) electrons. The summed E-state index contributed by atoms with van der Waals surface area (Å²) in [5, 5.41) is 9.12. The van der Waals surface area contributed by atoms with Gasteiger partial charge in [-0.1, -0.05) is 20.8 Å². The summed E-state index contributed by atoms with van der Waals surface area (Å²) in [6, 6.07) is 0.939. The molecular weight excluding hydrogens is 504 g/mol. The number of fused-ring (bicyclic) bond motifs is 4. The SMILES string of the molecule is Cc1c(-c2[nH]c3sc([C@@H]4CC5C[C@H]4CN5CC(=O)NC4CC(C)C4)c(C)c3c2C(C)C)cn2ncnc2c1C. The Hall–Kier alpha value is -2.71. The summed E-state index contributed by atoms with van der Waals surface area (Å²) in [7, 11) is 0. The number of H-pyrrole nitrogens is 1. The number of aromatic amines is 1. The molecular formula is C31H40N6OS. The third kappa shape index (κ3) is 3.97. The first-order chi connectivity index (χ1) is 18.7. The number of aromatic nitrogens is 4. The van der Waals surface area contributed by atoms with Crippen molar-refractivity contribution in [3.63, 3.8) is 0 Å². The number of hydrogen-bond donors (Lipinski definition) is 2. The second-order valence-electron chi connectivity index (χ2n) is 12.9. The number of amides is 1. The number of piperidine rings is 1. The van der Waals surface area contributed by atoms with Crippen LogP contribution in [0.5, 0.6) is 0 Å². The Labute approximate surface area is 234 Å². The van der Waals surface area contributed by atoms with Crippen LogP contribution in [0.2, 0.25) is 0 Å². The van der Waals surface area contributed by atoms with Crippen molar-refractivity contribution in [1.82, 2.24) is 29.8 Å². The second-order valence-corrected chi connectivity index (χ2v) is 14.0. The van der Waals surface area contributed by atoms with E-state index < -0.39 is 0 Å². The van der Waals surface area contributed by atoms with Crippen LogP contribution in [-0.4, -0.2) is 55.6 Å². The number of aryl methyl sites for hydroxylation is 2. The number of pyridine rings is 1. The Kier molecular flexibility index (Phi) is 5.94. The Morgan fingerprint density at radius 1 is 1.15 bits per heavy atom. The summed E-state index contributed by atoms with van der Waals surface area (Å²) in [6.07, 6.45) is 8.44. The standard InChI is InChI=1S/C31H40N6OS/c1-15(2)26-27-19(6)29(23-10-22-9-20(23)11-36(22)13-25(38)34-21-7-16(3)8-21)39-31(27)35-28(26)24-12-37-30(32-14-33-37)18(5)17(24)4/h12,14-16,20-23,35H,7-11,13H2,1-6H3,(H,34,38)/t16?,20-,21?,22?,23+/m0/s1. The predicted octanol–water partition coefficient (Wildman–Crippen LogP) is 6.08. The molecule has 7 rings (SSSR count). The van der Waals surface area contributed by atoms with E-state index in [1.807, 2.05) is 15.9 Å². The lowest BCUT2D eigenvalue weighted by atomic mass is 9.82. The highest BCUT2D eigenvalue weighted by atomic mass is 32.1. The lowest BCUT2D eigenvalue weighted by molar-refractivity contribution is -0.124. The highest BCUT2D eigenvalue weighted by molar-refractivity contribution is 7.19. The first-order valence-electron chi connectivity index (χ1n) is 14.7. The first-order valence-corrected chi connectivity index (χ1v) is 15.5. The van der Waals surface area contributed by atoms with Gasteiger partial charge < -0.3 is 10.3 Å².